The molecule has 0 aliphatic rings. The van der Waals surface area contributed by atoms with Crippen LogP contribution in [0.15, 0.2) is 0 Å². The Morgan fingerprint density at radius 3 is 1.45 bits per heavy atom. The molecule has 0 aromatic heterocycles. The largest absolute Gasteiger partial charge is 0.357 e. The molecule has 22 heavy (non-hydrogen) atoms. The van der Waals surface area contributed by atoms with E-state index in [0.29, 0.717) is 16.6 Å². The van der Waals surface area contributed by atoms with Gasteiger partial charge in [-0.3, -0.25) is 0 Å². The average Bonchev–Trinajstić information content (AvgIpc) is 2.35. The molecule has 0 heterocycles. The molecule has 0 amide bonds. The van der Waals surface area contributed by atoms with Gasteiger partial charge in [0.2, 0.25) is 5.60 Å². The first-order valence-corrected chi connectivity index (χ1v) is 13.8. The summed E-state index contributed by atoms with van der Waals surface area (Å²) in [5.41, 5.74) is 6.52. The molecule has 0 aliphatic heterocycles. The summed E-state index contributed by atoms with van der Waals surface area (Å²) < 4.78 is 0. The van der Waals surface area contributed by atoms with Crippen molar-refractivity contribution in [2.45, 2.75) is 83.4 Å². The summed E-state index contributed by atoms with van der Waals surface area (Å²) in [4.78, 5) is 0. The second-order valence-corrected chi connectivity index (χ2v) is 18.3. The van der Waals surface area contributed by atoms with Crippen molar-refractivity contribution in [3.05, 3.63) is 0 Å². The van der Waals surface area contributed by atoms with Crippen LogP contribution in [-0.4, -0.2) is 26.9 Å². The maximum absolute atomic E-state index is 10.6. The first-order chi connectivity index (χ1) is 9.81. The molecule has 1 nitrogen and oxygen atoms in total. The van der Waals surface area contributed by atoms with Crippen LogP contribution in [0.3, 0.4) is 0 Å². The van der Waals surface area contributed by atoms with Gasteiger partial charge in [0, 0.05) is 0 Å². The number of hydrogen-bond donors (Lipinski definition) is 1. The lowest BCUT2D eigenvalue weighted by Gasteiger charge is -2.38. The van der Waals surface area contributed by atoms with Gasteiger partial charge in [-0.2, -0.15) is 0 Å². The molecule has 3 heteroatoms. The fraction of sp³-hybridized carbons (Fsp3) is 0.684. The maximum atomic E-state index is 10.6. The Kier molecular flexibility index (Phi) is 7.24. The minimum atomic E-state index is -1.90. The SMILES string of the molecule is C#C[C@@](O)(C#C[Si](C)(C)C)C#C[Si](C(C)C)(C(C)C)C(C)C. The van der Waals surface area contributed by atoms with Crippen molar-refractivity contribution in [2.75, 3.05) is 0 Å². The summed E-state index contributed by atoms with van der Waals surface area (Å²) >= 11 is 0. The Morgan fingerprint density at radius 1 is 0.818 bits per heavy atom. The van der Waals surface area contributed by atoms with Crippen LogP contribution < -0.4 is 0 Å². The minimum absolute atomic E-state index is 0.506. The van der Waals surface area contributed by atoms with E-state index in [1.165, 1.54) is 0 Å². The molecule has 1 atom stereocenters. The van der Waals surface area contributed by atoms with E-state index in [4.69, 9.17) is 6.42 Å². The predicted molar refractivity (Wildman–Crippen MR) is 104 cm³/mol. The molecule has 0 saturated heterocycles. The Balaban J connectivity index is 5.98. The van der Waals surface area contributed by atoms with E-state index in [-0.39, 0.29) is 0 Å². The summed E-state index contributed by atoms with van der Waals surface area (Å²) in [5.74, 6) is 8.23. The minimum Gasteiger partial charge on any atom is -0.357 e. The van der Waals surface area contributed by atoms with Crippen LogP contribution in [0.2, 0.25) is 36.3 Å². The summed E-state index contributed by atoms with van der Waals surface area (Å²) in [6, 6.07) is 0. The van der Waals surface area contributed by atoms with Gasteiger partial charge >= 0.3 is 0 Å². The highest BCUT2D eigenvalue weighted by atomic mass is 28.3. The van der Waals surface area contributed by atoms with Crippen molar-refractivity contribution in [3.8, 4) is 35.3 Å². The zero-order chi connectivity index (χ0) is 17.8. The van der Waals surface area contributed by atoms with Crippen LogP contribution in [0.1, 0.15) is 41.5 Å². The van der Waals surface area contributed by atoms with Gasteiger partial charge < -0.3 is 5.11 Å². The van der Waals surface area contributed by atoms with Gasteiger partial charge in [-0.15, -0.1) is 17.5 Å². The second-order valence-electron chi connectivity index (χ2n) is 8.00. The monoisotopic (exact) mass is 332 g/mol. The first kappa shape index (κ1) is 21.1. The molecule has 0 rings (SSSR count). The number of rotatable bonds is 3. The molecule has 0 unspecified atom stereocenters. The molecule has 0 aromatic carbocycles. The molecule has 122 valence electrons. The van der Waals surface area contributed by atoms with Crippen LogP contribution in [0.25, 0.3) is 0 Å². The lowest BCUT2D eigenvalue weighted by atomic mass is 10.1. The molecular formula is C19H32OSi2. The molecular weight excluding hydrogens is 300 g/mol. The summed E-state index contributed by atoms with van der Waals surface area (Å²) in [5, 5.41) is 10.6. The Morgan fingerprint density at radius 2 is 1.18 bits per heavy atom. The van der Waals surface area contributed by atoms with Crippen molar-refractivity contribution in [2.24, 2.45) is 0 Å². The van der Waals surface area contributed by atoms with Crippen molar-refractivity contribution in [1.29, 1.82) is 0 Å². The summed E-state index contributed by atoms with van der Waals surface area (Å²) in [6.07, 6.45) is 5.52. The lowest BCUT2D eigenvalue weighted by molar-refractivity contribution is 0.225. The van der Waals surface area contributed by atoms with Gasteiger partial charge in [0.1, 0.15) is 16.1 Å². The van der Waals surface area contributed by atoms with Crippen LogP contribution >= 0.6 is 0 Å². The van der Waals surface area contributed by atoms with Crippen molar-refractivity contribution in [1.82, 2.24) is 0 Å². The van der Waals surface area contributed by atoms with E-state index in [1.807, 2.05) is 0 Å². The zero-order valence-electron chi connectivity index (χ0n) is 15.8. The molecule has 0 saturated carbocycles. The third kappa shape index (κ3) is 5.37. The van der Waals surface area contributed by atoms with Crippen molar-refractivity contribution < 1.29 is 5.11 Å². The van der Waals surface area contributed by atoms with Crippen LogP contribution in [0.5, 0.6) is 0 Å². The van der Waals surface area contributed by atoms with Crippen molar-refractivity contribution >= 4 is 16.1 Å². The number of aliphatic hydroxyl groups is 1. The fourth-order valence-corrected chi connectivity index (χ4v) is 8.83. The molecule has 0 spiro atoms. The zero-order valence-corrected chi connectivity index (χ0v) is 17.8. The Hall–Kier alpha value is -0.926. The molecule has 0 fully saturated rings. The van der Waals surface area contributed by atoms with Gasteiger partial charge in [-0.05, 0) is 34.4 Å². The van der Waals surface area contributed by atoms with E-state index in [2.05, 4.69) is 90.0 Å². The van der Waals surface area contributed by atoms with Crippen LogP contribution in [0.4, 0.5) is 0 Å². The van der Waals surface area contributed by atoms with E-state index in [0.717, 1.165) is 0 Å². The van der Waals surface area contributed by atoms with Gasteiger partial charge in [0.25, 0.3) is 0 Å². The highest BCUT2D eigenvalue weighted by molar-refractivity contribution is 6.90. The normalized spacial score (nSPS) is 14.7. The van der Waals surface area contributed by atoms with Gasteiger partial charge in [-0.1, -0.05) is 61.2 Å². The third-order valence-electron chi connectivity index (χ3n) is 4.15. The van der Waals surface area contributed by atoms with Gasteiger partial charge in [0.05, 0.1) is 0 Å². The van der Waals surface area contributed by atoms with Crippen molar-refractivity contribution in [3.63, 3.8) is 0 Å². The van der Waals surface area contributed by atoms with Gasteiger partial charge in [0.15, 0.2) is 0 Å². The molecule has 0 bridgehead atoms. The Labute approximate surface area is 140 Å². The smallest absolute Gasteiger partial charge is 0.250 e. The van der Waals surface area contributed by atoms with E-state index in [1.54, 1.807) is 0 Å². The summed E-state index contributed by atoms with van der Waals surface area (Å²) in [6.45, 7) is 19.8. The molecule has 0 radical (unpaired) electrons. The fourth-order valence-electron chi connectivity index (χ4n) is 3.01. The third-order valence-corrected chi connectivity index (χ3v) is 11.3. The number of terminal acetylenes is 1. The standard InChI is InChI=1S/C19H32OSi2/c1-11-19(20,12-14-21(8,9)10)13-15-22(16(2)3,17(4)5)18(6)7/h1,16-18,20H,2-10H3/t19-/m1/s1. The highest BCUT2D eigenvalue weighted by Crippen LogP contribution is 2.40. The maximum Gasteiger partial charge on any atom is 0.250 e. The topological polar surface area (TPSA) is 20.2 Å². The average molecular weight is 333 g/mol. The quantitative estimate of drug-likeness (QED) is 0.598. The van der Waals surface area contributed by atoms with E-state index < -0.39 is 21.7 Å². The van der Waals surface area contributed by atoms with Crippen LogP contribution in [-0.2, 0) is 0 Å². The van der Waals surface area contributed by atoms with E-state index >= 15 is 0 Å². The van der Waals surface area contributed by atoms with Crippen LogP contribution in [0, 0.1) is 35.3 Å². The Bertz CT molecular complexity index is 517. The molecule has 1 N–H and O–H groups in total. The lowest BCUT2D eigenvalue weighted by Crippen LogP contribution is -2.44. The number of hydrogen-bond acceptors (Lipinski definition) is 1. The van der Waals surface area contributed by atoms with E-state index in [9.17, 15) is 5.11 Å². The molecule has 0 aromatic rings. The van der Waals surface area contributed by atoms with Gasteiger partial charge in [-0.25, -0.2) is 0 Å². The molecule has 0 aliphatic carbocycles. The predicted octanol–water partition coefficient (Wildman–Crippen LogP) is 4.45. The highest BCUT2D eigenvalue weighted by Gasteiger charge is 2.42. The second kappa shape index (κ2) is 7.56. The first-order valence-electron chi connectivity index (χ1n) is 8.09. The summed E-state index contributed by atoms with van der Waals surface area (Å²) in [7, 11) is -3.50.